The van der Waals surface area contributed by atoms with Gasteiger partial charge in [0.25, 0.3) is 0 Å². The van der Waals surface area contributed by atoms with Crippen LogP contribution in [0, 0.1) is 0 Å². The average molecular weight is 168 g/mol. The van der Waals surface area contributed by atoms with Crippen LogP contribution in [0.2, 0.25) is 0 Å². The zero-order chi connectivity index (χ0) is 8.97. The van der Waals surface area contributed by atoms with Gasteiger partial charge < -0.3 is 10.7 Å². The molecule has 6 nitrogen and oxygen atoms in total. The van der Waals surface area contributed by atoms with Crippen molar-refractivity contribution in [2.45, 2.75) is 0 Å². The fraction of sp³-hybridized carbons (Fsp3) is 0. The van der Waals surface area contributed by atoms with Gasteiger partial charge in [-0.15, -0.1) is 0 Å². The lowest BCUT2D eigenvalue weighted by Crippen LogP contribution is -2.27. The predicted molar refractivity (Wildman–Crippen MR) is 43.3 cm³/mol. The summed E-state index contributed by atoms with van der Waals surface area (Å²) in [4.78, 5) is 16.7. The van der Waals surface area contributed by atoms with Gasteiger partial charge in [-0.05, 0) is 6.07 Å². The second kappa shape index (κ2) is 3.54. The Morgan fingerprint density at radius 1 is 1.67 bits per heavy atom. The van der Waals surface area contributed by atoms with Gasteiger partial charge in [-0.2, -0.15) is 0 Å². The molecule has 0 spiro atoms. The van der Waals surface area contributed by atoms with E-state index in [4.69, 9.17) is 10.9 Å². The molecular weight excluding hydrogens is 160 g/mol. The molecule has 12 heavy (non-hydrogen) atoms. The van der Waals surface area contributed by atoms with E-state index in [9.17, 15) is 4.79 Å². The highest BCUT2D eigenvalue weighted by Crippen LogP contribution is 2.04. The second-order valence-corrected chi connectivity index (χ2v) is 2.02. The van der Waals surface area contributed by atoms with Crippen LogP contribution >= 0.6 is 0 Å². The summed E-state index contributed by atoms with van der Waals surface area (Å²) in [6, 6.07) is 2.78. The van der Waals surface area contributed by atoms with Gasteiger partial charge in [-0.3, -0.25) is 10.0 Å². The largest absolute Gasteiger partial charge is 0.368 e. The topological polar surface area (TPSA) is 104 Å². The van der Waals surface area contributed by atoms with Crippen LogP contribution in [0.3, 0.4) is 0 Å². The standard InChI is InChI=1S/C6H8N4O2/c7-6(10-12)9-4-1-2-5(11)8-3-4/h1-3,12H,(H,8,11)(H3,7,9,10). The van der Waals surface area contributed by atoms with Crippen LogP contribution < -0.4 is 16.8 Å². The number of aliphatic imine (C=N–C) groups is 1. The molecule has 5 N–H and O–H groups in total. The van der Waals surface area contributed by atoms with Gasteiger partial charge >= 0.3 is 0 Å². The first-order chi connectivity index (χ1) is 5.72. The number of pyridine rings is 1. The van der Waals surface area contributed by atoms with E-state index in [0.717, 1.165) is 0 Å². The van der Waals surface area contributed by atoms with Crippen molar-refractivity contribution in [2.24, 2.45) is 10.7 Å². The first-order valence-electron chi connectivity index (χ1n) is 3.15. The summed E-state index contributed by atoms with van der Waals surface area (Å²) in [6.45, 7) is 0. The van der Waals surface area contributed by atoms with Gasteiger partial charge in [0.1, 0.15) is 0 Å². The number of hydroxylamine groups is 1. The van der Waals surface area contributed by atoms with Gasteiger partial charge in [0.2, 0.25) is 11.5 Å². The minimum Gasteiger partial charge on any atom is -0.368 e. The van der Waals surface area contributed by atoms with E-state index in [0.29, 0.717) is 5.69 Å². The molecule has 0 unspecified atom stereocenters. The Morgan fingerprint density at radius 3 is 2.92 bits per heavy atom. The van der Waals surface area contributed by atoms with Crippen molar-refractivity contribution >= 4 is 11.6 Å². The van der Waals surface area contributed by atoms with E-state index < -0.39 is 0 Å². The number of nitrogens with zero attached hydrogens (tertiary/aromatic N) is 1. The Kier molecular flexibility index (Phi) is 2.44. The Balaban J connectivity index is 2.91. The van der Waals surface area contributed by atoms with E-state index in [1.807, 2.05) is 0 Å². The fourth-order valence-corrected chi connectivity index (χ4v) is 0.636. The number of nitrogens with two attached hydrogens (primary N) is 1. The maximum atomic E-state index is 10.6. The van der Waals surface area contributed by atoms with Crippen molar-refractivity contribution in [3.05, 3.63) is 28.7 Å². The van der Waals surface area contributed by atoms with Crippen LogP contribution in [-0.2, 0) is 0 Å². The fourth-order valence-electron chi connectivity index (χ4n) is 0.636. The zero-order valence-electron chi connectivity index (χ0n) is 6.11. The molecule has 0 bridgehead atoms. The summed E-state index contributed by atoms with van der Waals surface area (Å²) in [6.07, 6.45) is 1.38. The van der Waals surface area contributed by atoms with Crippen LogP contribution in [0.15, 0.2) is 28.1 Å². The molecule has 1 heterocycles. The van der Waals surface area contributed by atoms with Crippen molar-refractivity contribution in [1.82, 2.24) is 10.5 Å². The maximum Gasteiger partial charge on any atom is 0.248 e. The quantitative estimate of drug-likeness (QED) is 0.253. The van der Waals surface area contributed by atoms with E-state index >= 15 is 0 Å². The van der Waals surface area contributed by atoms with E-state index in [2.05, 4.69) is 9.98 Å². The number of aromatic nitrogens is 1. The SMILES string of the molecule is NC(=Nc1ccc(=O)[nH]c1)NO. The molecule has 0 atom stereocenters. The third-order valence-electron chi connectivity index (χ3n) is 1.13. The second-order valence-electron chi connectivity index (χ2n) is 2.02. The van der Waals surface area contributed by atoms with Crippen LogP contribution in [-0.4, -0.2) is 16.2 Å². The van der Waals surface area contributed by atoms with Crippen LogP contribution in [0.4, 0.5) is 5.69 Å². The lowest BCUT2D eigenvalue weighted by atomic mass is 10.4. The third kappa shape index (κ3) is 2.10. The number of guanidine groups is 1. The molecule has 0 aromatic carbocycles. The van der Waals surface area contributed by atoms with Gasteiger partial charge in [-0.25, -0.2) is 10.5 Å². The molecule has 0 saturated carbocycles. The first kappa shape index (κ1) is 8.28. The van der Waals surface area contributed by atoms with Crippen molar-refractivity contribution in [3.8, 4) is 0 Å². The van der Waals surface area contributed by atoms with Gasteiger partial charge in [0, 0.05) is 12.3 Å². The van der Waals surface area contributed by atoms with Crippen LogP contribution in [0.25, 0.3) is 0 Å². The molecule has 0 radical (unpaired) electrons. The van der Waals surface area contributed by atoms with E-state index in [1.165, 1.54) is 18.3 Å². The smallest absolute Gasteiger partial charge is 0.248 e. The molecule has 0 aliphatic carbocycles. The Labute approximate surface area is 67.7 Å². The van der Waals surface area contributed by atoms with Crippen LogP contribution in [0.5, 0.6) is 0 Å². The summed E-state index contributed by atoms with van der Waals surface area (Å²) < 4.78 is 0. The van der Waals surface area contributed by atoms with Crippen molar-refractivity contribution in [2.75, 3.05) is 0 Å². The minimum atomic E-state index is -0.218. The molecule has 1 rings (SSSR count). The highest BCUT2D eigenvalue weighted by Gasteiger charge is 1.90. The van der Waals surface area contributed by atoms with Crippen molar-refractivity contribution in [1.29, 1.82) is 0 Å². The van der Waals surface area contributed by atoms with Crippen molar-refractivity contribution in [3.63, 3.8) is 0 Å². The number of hydrogen-bond acceptors (Lipinski definition) is 3. The zero-order valence-corrected chi connectivity index (χ0v) is 6.11. The Bertz CT molecular complexity index is 323. The molecule has 6 heteroatoms. The number of H-pyrrole nitrogens is 1. The summed E-state index contributed by atoms with van der Waals surface area (Å²) in [5, 5.41) is 8.27. The number of aromatic amines is 1. The molecule has 0 aliphatic heterocycles. The highest BCUT2D eigenvalue weighted by molar-refractivity contribution is 5.79. The summed E-state index contributed by atoms with van der Waals surface area (Å²) >= 11 is 0. The van der Waals surface area contributed by atoms with Crippen LogP contribution in [0.1, 0.15) is 0 Å². The maximum absolute atomic E-state index is 10.6. The average Bonchev–Trinajstić information content (AvgIpc) is 2.09. The Hall–Kier alpha value is -1.82. The normalized spacial score (nSPS) is 11.2. The van der Waals surface area contributed by atoms with Gasteiger partial charge in [0.05, 0.1) is 5.69 Å². The van der Waals surface area contributed by atoms with Crippen molar-refractivity contribution < 1.29 is 5.21 Å². The first-order valence-corrected chi connectivity index (χ1v) is 3.15. The lowest BCUT2D eigenvalue weighted by Gasteiger charge is -1.95. The molecule has 1 aromatic rings. The molecule has 0 aliphatic rings. The van der Waals surface area contributed by atoms with E-state index in [-0.39, 0.29) is 11.5 Å². The summed E-state index contributed by atoms with van der Waals surface area (Å²) in [5.74, 6) is -0.137. The molecule has 0 saturated heterocycles. The van der Waals surface area contributed by atoms with E-state index in [1.54, 1.807) is 5.48 Å². The molecular formula is C6H8N4O2. The monoisotopic (exact) mass is 168 g/mol. The van der Waals surface area contributed by atoms with Gasteiger partial charge in [-0.1, -0.05) is 0 Å². The minimum absolute atomic E-state index is 0.137. The molecule has 0 fully saturated rings. The molecule has 64 valence electrons. The predicted octanol–water partition coefficient (Wildman–Crippen LogP) is -0.700. The number of hydrogen-bond donors (Lipinski definition) is 4. The Morgan fingerprint density at radius 2 is 2.42 bits per heavy atom. The highest BCUT2D eigenvalue weighted by atomic mass is 16.5. The number of nitrogens with one attached hydrogen (secondary N) is 2. The third-order valence-corrected chi connectivity index (χ3v) is 1.13. The summed E-state index contributed by atoms with van der Waals surface area (Å²) in [7, 11) is 0. The summed E-state index contributed by atoms with van der Waals surface area (Å²) in [5.41, 5.74) is 7.04. The molecule has 1 aromatic heterocycles. The number of rotatable bonds is 1. The molecule has 0 amide bonds. The lowest BCUT2D eigenvalue weighted by molar-refractivity contribution is 0.233. The van der Waals surface area contributed by atoms with Gasteiger partial charge in [0.15, 0.2) is 0 Å².